The number of pyridine rings is 1. The summed E-state index contributed by atoms with van der Waals surface area (Å²) in [4.78, 5) is 25.4. The van der Waals surface area contributed by atoms with E-state index in [-0.39, 0.29) is 10.8 Å². The van der Waals surface area contributed by atoms with Crippen molar-refractivity contribution >= 4 is 29.3 Å². The minimum Gasteiger partial charge on any atom is -0.477 e. The van der Waals surface area contributed by atoms with Crippen molar-refractivity contribution < 1.29 is 9.90 Å². The molecule has 0 saturated carbocycles. The molecular weight excluding hydrogens is 382 g/mol. The Morgan fingerprint density at radius 1 is 1.19 bits per heavy atom. The monoisotopic (exact) mass is 397 g/mol. The summed E-state index contributed by atoms with van der Waals surface area (Å²) < 4.78 is 1.89. The van der Waals surface area contributed by atoms with Crippen molar-refractivity contribution in [3.8, 4) is 5.69 Å². The van der Waals surface area contributed by atoms with Gasteiger partial charge in [0.25, 0.3) is 0 Å². The molecule has 0 saturated heterocycles. The summed E-state index contributed by atoms with van der Waals surface area (Å²) in [5.74, 6) is -1.20. The SMILES string of the molecule is Cc1cc(=O)c(C(=O)O)c2n1-c1ccccc1SC(c1ccccc1Cl)C2. The van der Waals surface area contributed by atoms with Crippen LogP contribution in [-0.4, -0.2) is 15.6 Å². The Labute approximate surface area is 165 Å². The molecule has 1 atom stereocenters. The molecular formula is C21H16ClNO3S. The van der Waals surface area contributed by atoms with E-state index in [2.05, 4.69) is 0 Å². The second-order valence-electron chi connectivity index (χ2n) is 6.41. The maximum atomic E-state index is 12.5. The summed E-state index contributed by atoms with van der Waals surface area (Å²) in [6.45, 7) is 1.83. The van der Waals surface area contributed by atoms with Gasteiger partial charge in [-0.2, -0.15) is 0 Å². The standard InChI is InChI=1S/C21H16ClNO3S/c1-12-10-17(24)20(21(25)26)16-11-19(13-6-2-3-7-14(13)22)27-18-9-5-4-8-15(18)23(12)16/h2-10,19H,11H2,1H3,(H,25,26). The van der Waals surface area contributed by atoms with E-state index in [0.717, 1.165) is 16.1 Å². The summed E-state index contributed by atoms with van der Waals surface area (Å²) in [7, 11) is 0. The maximum Gasteiger partial charge on any atom is 0.341 e. The Morgan fingerprint density at radius 2 is 1.89 bits per heavy atom. The second kappa shape index (κ2) is 6.91. The van der Waals surface area contributed by atoms with E-state index < -0.39 is 11.4 Å². The fraction of sp³-hybridized carbons (Fsp3) is 0.143. The number of thioether (sulfide) groups is 1. The van der Waals surface area contributed by atoms with E-state index in [1.165, 1.54) is 6.07 Å². The molecule has 0 amide bonds. The molecule has 1 N–H and O–H groups in total. The van der Waals surface area contributed by atoms with Gasteiger partial charge in [0.05, 0.1) is 5.69 Å². The van der Waals surface area contributed by atoms with E-state index in [0.29, 0.717) is 22.8 Å². The van der Waals surface area contributed by atoms with Gasteiger partial charge >= 0.3 is 5.97 Å². The van der Waals surface area contributed by atoms with Crippen LogP contribution in [0, 0.1) is 6.92 Å². The second-order valence-corrected chi connectivity index (χ2v) is 8.06. The fourth-order valence-electron chi connectivity index (χ4n) is 3.57. The summed E-state index contributed by atoms with van der Waals surface area (Å²) in [5.41, 5.74) is 2.40. The zero-order chi connectivity index (χ0) is 19.1. The molecule has 0 spiro atoms. The van der Waals surface area contributed by atoms with Gasteiger partial charge in [0.1, 0.15) is 5.56 Å². The highest BCUT2D eigenvalue weighted by atomic mass is 35.5. The highest BCUT2D eigenvalue weighted by Gasteiger charge is 2.29. The van der Waals surface area contributed by atoms with Crippen molar-refractivity contribution in [1.29, 1.82) is 0 Å². The number of hydrogen-bond acceptors (Lipinski definition) is 3. The summed E-state index contributed by atoms with van der Waals surface area (Å²) in [6, 6.07) is 16.8. The van der Waals surface area contributed by atoms with E-state index in [9.17, 15) is 14.7 Å². The Morgan fingerprint density at radius 3 is 2.63 bits per heavy atom. The van der Waals surface area contributed by atoms with Gasteiger partial charge in [-0.25, -0.2) is 4.79 Å². The number of aromatic nitrogens is 1. The van der Waals surface area contributed by atoms with Gasteiger partial charge in [0, 0.05) is 39.0 Å². The summed E-state index contributed by atoms with van der Waals surface area (Å²) in [6.07, 6.45) is 0.391. The molecule has 1 aromatic heterocycles. The van der Waals surface area contributed by atoms with Crippen LogP contribution in [0.5, 0.6) is 0 Å². The molecule has 1 aliphatic rings. The lowest BCUT2D eigenvalue weighted by Crippen LogP contribution is -2.24. The lowest BCUT2D eigenvalue weighted by atomic mass is 10.0. The van der Waals surface area contributed by atoms with Crippen molar-refractivity contribution in [3.63, 3.8) is 0 Å². The Kier molecular flexibility index (Phi) is 4.58. The van der Waals surface area contributed by atoms with E-state index >= 15 is 0 Å². The average molecular weight is 398 g/mol. The smallest absolute Gasteiger partial charge is 0.341 e. The van der Waals surface area contributed by atoms with Crippen molar-refractivity contribution in [2.24, 2.45) is 0 Å². The van der Waals surface area contributed by atoms with Crippen molar-refractivity contribution in [3.05, 3.63) is 92.4 Å². The molecule has 3 aromatic rings. The third-order valence-corrected chi connectivity index (χ3v) is 6.37. The number of aryl methyl sites for hydroxylation is 1. The van der Waals surface area contributed by atoms with Gasteiger partial charge in [-0.3, -0.25) is 4.79 Å². The highest BCUT2D eigenvalue weighted by molar-refractivity contribution is 7.99. The molecule has 4 rings (SSSR count). The van der Waals surface area contributed by atoms with Gasteiger partial charge in [-0.1, -0.05) is 41.9 Å². The predicted molar refractivity (Wildman–Crippen MR) is 107 cm³/mol. The molecule has 0 bridgehead atoms. The van der Waals surface area contributed by atoms with E-state index in [1.54, 1.807) is 11.8 Å². The maximum absolute atomic E-state index is 12.5. The molecule has 1 unspecified atom stereocenters. The fourth-order valence-corrected chi connectivity index (χ4v) is 5.22. The van der Waals surface area contributed by atoms with Crippen LogP contribution in [-0.2, 0) is 6.42 Å². The summed E-state index contributed by atoms with van der Waals surface area (Å²) in [5, 5.41) is 10.2. The number of carboxylic acid groups (broad SMARTS) is 1. The molecule has 0 aliphatic carbocycles. The Hall–Kier alpha value is -2.50. The first-order chi connectivity index (χ1) is 13.0. The minimum atomic E-state index is -1.20. The minimum absolute atomic E-state index is 0.104. The van der Waals surface area contributed by atoms with Crippen LogP contribution in [0.3, 0.4) is 0 Å². The first kappa shape index (κ1) is 17.9. The zero-order valence-corrected chi connectivity index (χ0v) is 16.1. The first-order valence-corrected chi connectivity index (χ1v) is 9.72. The molecule has 136 valence electrons. The third kappa shape index (κ3) is 3.07. The normalized spacial score (nSPS) is 15.6. The van der Waals surface area contributed by atoms with Crippen LogP contribution >= 0.6 is 23.4 Å². The molecule has 1 aliphatic heterocycles. The third-order valence-electron chi connectivity index (χ3n) is 4.72. The Balaban J connectivity index is 2.05. The number of nitrogens with zero attached hydrogens (tertiary/aromatic N) is 1. The zero-order valence-electron chi connectivity index (χ0n) is 14.5. The quantitative estimate of drug-likeness (QED) is 0.669. The van der Waals surface area contributed by atoms with Crippen molar-refractivity contribution in [1.82, 2.24) is 4.57 Å². The van der Waals surface area contributed by atoms with Gasteiger partial charge < -0.3 is 9.67 Å². The van der Waals surface area contributed by atoms with Crippen LogP contribution in [0.4, 0.5) is 0 Å². The largest absolute Gasteiger partial charge is 0.477 e. The Bertz CT molecular complexity index is 1120. The van der Waals surface area contributed by atoms with Crippen LogP contribution in [0.15, 0.2) is 64.3 Å². The van der Waals surface area contributed by atoms with Crippen LogP contribution in [0.25, 0.3) is 5.69 Å². The van der Waals surface area contributed by atoms with E-state index in [1.807, 2.05) is 60.0 Å². The van der Waals surface area contributed by atoms with E-state index in [4.69, 9.17) is 11.6 Å². The lowest BCUT2D eigenvalue weighted by molar-refractivity contribution is 0.0693. The number of rotatable bonds is 2. The van der Waals surface area contributed by atoms with Crippen LogP contribution < -0.4 is 5.43 Å². The van der Waals surface area contributed by atoms with Gasteiger partial charge in [0.15, 0.2) is 5.43 Å². The molecule has 6 heteroatoms. The van der Waals surface area contributed by atoms with Gasteiger partial charge in [-0.15, -0.1) is 11.8 Å². The lowest BCUT2D eigenvalue weighted by Gasteiger charge is -2.19. The molecule has 27 heavy (non-hydrogen) atoms. The van der Waals surface area contributed by atoms with Crippen molar-refractivity contribution in [2.45, 2.75) is 23.5 Å². The van der Waals surface area contributed by atoms with Crippen LogP contribution in [0.1, 0.15) is 32.6 Å². The number of para-hydroxylation sites is 1. The number of fused-ring (bicyclic) bond motifs is 3. The number of halogens is 1. The van der Waals surface area contributed by atoms with Crippen molar-refractivity contribution in [2.75, 3.05) is 0 Å². The molecule has 2 heterocycles. The number of aromatic carboxylic acids is 1. The molecule has 2 aromatic carbocycles. The highest BCUT2D eigenvalue weighted by Crippen LogP contribution is 2.45. The number of carbonyl (C=O) groups is 1. The van der Waals surface area contributed by atoms with Crippen LogP contribution in [0.2, 0.25) is 5.02 Å². The molecule has 0 fully saturated rings. The number of benzene rings is 2. The van der Waals surface area contributed by atoms with Gasteiger partial charge in [-0.05, 0) is 30.7 Å². The summed E-state index contributed by atoms with van der Waals surface area (Å²) >= 11 is 8.07. The number of hydrogen-bond donors (Lipinski definition) is 1. The van der Waals surface area contributed by atoms with Gasteiger partial charge in [0.2, 0.25) is 0 Å². The molecule has 4 nitrogen and oxygen atoms in total. The average Bonchev–Trinajstić information content (AvgIpc) is 2.78. The predicted octanol–water partition coefficient (Wildman–Crippen LogP) is 4.89. The first-order valence-electron chi connectivity index (χ1n) is 8.46. The molecule has 0 radical (unpaired) electrons. The topological polar surface area (TPSA) is 59.3 Å². The number of carboxylic acids is 1.